The van der Waals surface area contributed by atoms with Gasteiger partial charge in [-0.1, -0.05) is 6.07 Å². The molecular formula is C11H9Br2NS. The Balaban J connectivity index is 2.02. The number of benzene rings is 1. The Labute approximate surface area is 110 Å². The minimum absolute atomic E-state index is 0.850. The van der Waals surface area contributed by atoms with E-state index in [1.54, 1.807) is 11.3 Å². The summed E-state index contributed by atoms with van der Waals surface area (Å²) in [4.78, 5) is 0. The van der Waals surface area contributed by atoms with Crippen LogP contribution in [0.3, 0.4) is 0 Å². The van der Waals surface area contributed by atoms with Crippen LogP contribution in [0.2, 0.25) is 0 Å². The van der Waals surface area contributed by atoms with Crippen molar-refractivity contribution in [3.05, 3.63) is 49.5 Å². The highest BCUT2D eigenvalue weighted by Crippen LogP contribution is 2.24. The number of nitrogens with one attached hydrogen (secondary N) is 1. The lowest BCUT2D eigenvalue weighted by Crippen LogP contribution is -1.97. The molecule has 1 N–H and O–H groups in total. The monoisotopic (exact) mass is 345 g/mol. The van der Waals surface area contributed by atoms with E-state index in [9.17, 15) is 0 Å². The van der Waals surface area contributed by atoms with E-state index >= 15 is 0 Å². The predicted molar refractivity (Wildman–Crippen MR) is 73.5 cm³/mol. The van der Waals surface area contributed by atoms with Crippen LogP contribution < -0.4 is 5.32 Å². The van der Waals surface area contributed by atoms with Gasteiger partial charge in [0.05, 0.1) is 0 Å². The molecule has 0 aliphatic heterocycles. The molecule has 0 saturated heterocycles. The molecule has 15 heavy (non-hydrogen) atoms. The maximum Gasteiger partial charge on any atom is 0.0451 e. The Morgan fingerprint density at radius 3 is 2.67 bits per heavy atom. The highest BCUT2D eigenvalue weighted by atomic mass is 79.9. The van der Waals surface area contributed by atoms with Crippen molar-refractivity contribution in [2.75, 3.05) is 5.32 Å². The second kappa shape index (κ2) is 5.14. The second-order valence-corrected chi connectivity index (χ2v) is 5.60. The van der Waals surface area contributed by atoms with Gasteiger partial charge in [-0.05, 0) is 61.0 Å². The van der Waals surface area contributed by atoms with Crippen LogP contribution in [0.4, 0.5) is 5.69 Å². The summed E-state index contributed by atoms with van der Waals surface area (Å²) in [6.45, 7) is 0.850. The summed E-state index contributed by atoms with van der Waals surface area (Å²) in [6.07, 6.45) is 0. The molecule has 78 valence electrons. The van der Waals surface area contributed by atoms with Crippen molar-refractivity contribution < 1.29 is 0 Å². The van der Waals surface area contributed by atoms with E-state index in [1.807, 2.05) is 0 Å². The molecule has 2 aromatic rings. The molecule has 1 aromatic heterocycles. The summed E-state index contributed by atoms with van der Waals surface area (Å²) in [7, 11) is 0. The van der Waals surface area contributed by atoms with E-state index < -0.39 is 0 Å². The van der Waals surface area contributed by atoms with Crippen LogP contribution in [0.15, 0.2) is 44.0 Å². The molecule has 1 heterocycles. The van der Waals surface area contributed by atoms with Crippen LogP contribution in [0.1, 0.15) is 5.56 Å². The first-order valence-electron chi connectivity index (χ1n) is 4.46. The van der Waals surface area contributed by atoms with E-state index in [-0.39, 0.29) is 0 Å². The maximum atomic E-state index is 3.49. The highest BCUT2D eigenvalue weighted by molar-refractivity contribution is 9.13. The average molecular weight is 347 g/mol. The van der Waals surface area contributed by atoms with Crippen molar-refractivity contribution in [1.29, 1.82) is 0 Å². The summed E-state index contributed by atoms with van der Waals surface area (Å²) in [6, 6.07) is 8.35. The molecule has 0 unspecified atom stereocenters. The molecule has 0 bridgehead atoms. The fraction of sp³-hybridized carbons (Fsp3) is 0.0909. The van der Waals surface area contributed by atoms with Gasteiger partial charge in [-0.3, -0.25) is 0 Å². The molecule has 0 fully saturated rings. The first-order valence-corrected chi connectivity index (χ1v) is 6.98. The van der Waals surface area contributed by atoms with Crippen molar-refractivity contribution in [2.24, 2.45) is 0 Å². The number of hydrogen-bond donors (Lipinski definition) is 1. The van der Waals surface area contributed by atoms with Crippen molar-refractivity contribution in [3.8, 4) is 0 Å². The van der Waals surface area contributed by atoms with E-state index in [0.29, 0.717) is 0 Å². The van der Waals surface area contributed by atoms with E-state index in [2.05, 4.69) is 72.2 Å². The van der Waals surface area contributed by atoms with E-state index in [1.165, 1.54) is 11.3 Å². The standard InChI is InChI=1S/C11H9Br2NS/c12-10-2-1-8(5-11(10)13)6-14-9-3-4-15-7-9/h1-5,7,14H,6H2. The number of anilines is 1. The van der Waals surface area contributed by atoms with Gasteiger partial charge in [0.2, 0.25) is 0 Å². The van der Waals surface area contributed by atoms with Crippen LogP contribution in [-0.4, -0.2) is 0 Å². The summed E-state index contributed by atoms with van der Waals surface area (Å²) in [5.74, 6) is 0. The van der Waals surface area contributed by atoms with Gasteiger partial charge in [0, 0.05) is 26.6 Å². The van der Waals surface area contributed by atoms with Crippen molar-refractivity contribution in [2.45, 2.75) is 6.54 Å². The number of rotatable bonds is 3. The van der Waals surface area contributed by atoms with Crippen LogP contribution in [0.25, 0.3) is 0 Å². The fourth-order valence-electron chi connectivity index (χ4n) is 1.22. The summed E-state index contributed by atoms with van der Waals surface area (Å²) in [5.41, 5.74) is 2.44. The lowest BCUT2D eigenvalue weighted by atomic mass is 10.2. The summed E-state index contributed by atoms with van der Waals surface area (Å²) in [5, 5.41) is 7.54. The predicted octanol–water partition coefficient (Wildman–Crippen LogP) is 4.89. The van der Waals surface area contributed by atoms with Gasteiger partial charge in [-0.25, -0.2) is 0 Å². The lowest BCUT2D eigenvalue weighted by Gasteiger charge is -2.05. The Morgan fingerprint density at radius 1 is 1.13 bits per heavy atom. The third-order valence-corrected chi connectivity index (χ3v) is 4.56. The minimum atomic E-state index is 0.850. The third-order valence-electron chi connectivity index (χ3n) is 2.00. The Bertz CT molecular complexity index is 440. The summed E-state index contributed by atoms with van der Waals surface area (Å²) >= 11 is 8.65. The minimum Gasteiger partial charge on any atom is -0.380 e. The SMILES string of the molecule is Brc1ccc(CNc2ccsc2)cc1Br. The molecule has 0 radical (unpaired) electrons. The smallest absolute Gasteiger partial charge is 0.0451 e. The lowest BCUT2D eigenvalue weighted by molar-refractivity contribution is 1.15. The first-order chi connectivity index (χ1) is 7.25. The van der Waals surface area contributed by atoms with Crippen LogP contribution >= 0.6 is 43.2 Å². The van der Waals surface area contributed by atoms with Gasteiger partial charge >= 0.3 is 0 Å². The highest BCUT2D eigenvalue weighted by Gasteiger charge is 1.98. The molecule has 0 amide bonds. The molecule has 4 heteroatoms. The molecule has 0 spiro atoms. The first kappa shape index (κ1) is 11.2. The molecule has 1 nitrogen and oxygen atoms in total. The van der Waals surface area contributed by atoms with E-state index in [0.717, 1.165) is 15.5 Å². The van der Waals surface area contributed by atoms with Gasteiger partial charge in [0.25, 0.3) is 0 Å². The zero-order chi connectivity index (χ0) is 10.7. The van der Waals surface area contributed by atoms with Gasteiger partial charge in [0.1, 0.15) is 0 Å². The topological polar surface area (TPSA) is 12.0 Å². The zero-order valence-electron chi connectivity index (χ0n) is 7.84. The van der Waals surface area contributed by atoms with Crippen LogP contribution in [-0.2, 0) is 6.54 Å². The van der Waals surface area contributed by atoms with Gasteiger partial charge in [-0.2, -0.15) is 11.3 Å². The zero-order valence-corrected chi connectivity index (χ0v) is 11.8. The second-order valence-electron chi connectivity index (χ2n) is 3.11. The Kier molecular flexibility index (Phi) is 3.83. The molecule has 1 aromatic carbocycles. The van der Waals surface area contributed by atoms with E-state index in [4.69, 9.17) is 0 Å². The summed E-state index contributed by atoms with van der Waals surface area (Å²) < 4.78 is 2.17. The molecule has 0 atom stereocenters. The maximum absolute atomic E-state index is 3.49. The molecule has 0 aliphatic rings. The largest absolute Gasteiger partial charge is 0.380 e. The Morgan fingerprint density at radius 2 is 2.00 bits per heavy atom. The van der Waals surface area contributed by atoms with Crippen molar-refractivity contribution in [3.63, 3.8) is 0 Å². The number of halogens is 2. The quantitative estimate of drug-likeness (QED) is 0.834. The molecular weight excluding hydrogens is 338 g/mol. The van der Waals surface area contributed by atoms with Crippen molar-refractivity contribution >= 4 is 48.9 Å². The van der Waals surface area contributed by atoms with Gasteiger partial charge in [0.15, 0.2) is 0 Å². The molecule has 0 aliphatic carbocycles. The van der Waals surface area contributed by atoms with Gasteiger partial charge in [-0.15, -0.1) is 0 Å². The fourth-order valence-corrected chi connectivity index (χ4v) is 2.50. The molecule has 2 rings (SSSR count). The Hall–Kier alpha value is -0.320. The number of thiophene rings is 1. The normalized spacial score (nSPS) is 10.3. The van der Waals surface area contributed by atoms with Gasteiger partial charge < -0.3 is 5.32 Å². The average Bonchev–Trinajstić information content (AvgIpc) is 2.73. The van der Waals surface area contributed by atoms with Crippen LogP contribution in [0, 0.1) is 0 Å². The molecule has 0 saturated carbocycles. The number of hydrogen-bond acceptors (Lipinski definition) is 2. The third kappa shape index (κ3) is 3.06. The van der Waals surface area contributed by atoms with Crippen molar-refractivity contribution in [1.82, 2.24) is 0 Å². The van der Waals surface area contributed by atoms with Crippen LogP contribution in [0.5, 0.6) is 0 Å².